The van der Waals surface area contributed by atoms with E-state index < -0.39 is 14.3 Å². The van der Waals surface area contributed by atoms with Gasteiger partial charge in [0.05, 0.1) is 21.2 Å². The molecule has 0 spiro atoms. The van der Waals surface area contributed by atoms with Crippen molar-refractivity contribution >= 4 is 50.6 Å². The average Bonchev–Trinajstić information content (AvgIpc) is 2.96. The molecule has 0 aliphatic rings. The molecule has 0 bridgehead atoms. The fourth-order valence-electron chi connectivity index (χ4n) is 4.48. The van der Waals surface area contributed by atoms with Crippen LogP contribution in [0, 0.1) is 12.3 Å². The third-order valence-electron chi connectivity index (χ3n) is 6.42. The van der Waals surface area contributed by atoms with Gasteiger partial charge in [-0.3, -0.25) is 11.1 Å². The molecule has 170 valence electrons. The Morgan fingerprint density at radius 3 is 0.806 bits per heavy atom. The molecule has 0 aliphatic carbocycles. The smallest absolute Gasteiger partial charge is 0.255 e. The summed E-state index contributed by atoms with van der Waals surface area (Å²) in [6, 6.07) is 50.2. The molecule has 0 heterocycles. The summed E-state index contributed by atoms with van der Waals surface area (Å²) < 4.78 is 0. The SMILES string of the molecule is [B][P+]([CH-]c1ccccc1[CH-][P+]([B])(c1ccccc1)c1ccccc1)(c1ccccc1)c1ccccc1. The fraction of sp³-hybridized carbons (Fsp3) is 0. The van der Waals surface area contributed by atoms with E-state index in [0.29, 0.717) is 0 Å². The largest absolute Gasteiger partial charge is 0.368 e. The van der Waals surface area contributed by atoms with Crippen LogP contribution in [-0.2, 0) is 0 Å². The summed E-state index contributed by atoms with van der Waals surface area (Å²) in [6.45, 7) is 0. The summed E-state index contributed by atoms with van der Waals surface area (Å²) in [5.41, 5.74) is 2.20. The molecule has 0 nitrogen and oxygen atoms in total. The standard InChI is InChI=1S/C32H26B2P2/c33-35(29-17-5-1-6-18-29,30-19-7-2-8-20-30)25-27-15-13-14-16-28(27)26-36(34,31-21-9-3-10-22-31)32-23-11-4-12-24-32/h1-26H. The minimum Gasteiger partial charge on any atom is -0.255 e. The molecule has 0 unspecified atom stereocenters. The highest BCUT2D eigenvalue weighted by Crippen LogP contribution is 2.60. The molecule has 0 N–H and O–H groups in total. The van der Waals surface area contributed by atoms with Gasteiger partial charge in [0, 0.05) is 0 Å². The van der Waals surface area contributed by atoms with Gasteiger partial charge < -0.3 is 0 Å². The van der Waals surface area contributed by atoms with Crippen LogP contribution >= 0.6 is 14.3 Å². The van der Waals surface area contributed by atoms with Gasteiger partial charge in [-0.05, 0) is 62.8 Å². The van der Waals surface area contributed by atoms with Crippen molar-refractivity contribution in [2.45, 2.75) is 0 Å². The first-order chi connectivity index (χ1) is 17.6. The second kappa shape index (κ2) is 10.8. The highest BCUT2D eigenvalue weighted by atomic mass is 31.2. The van der Waals surface area contributed by atoms with Gasteiger partial charge in [-0.15, -0.1) is 12.1 Å². The van der Waals surface area contributed by atoms with E-state index in [1.54, 1.807) is 0 Å². The Bertz CT molecular complexity index is 1200. The summed E-state index contributed by atoms with van der Waals surface area (Å²) >= 11 is 0. The maximum Gasteiger partial charge on any atom is 0.368 e. The number of hydrogen-bond donors (Lipinski definition) is 0. The average molecular weight is 494 g/mol. The Hall–Kier alpha value is -3.17. The quantitative estimate of drug-likeness (QED) is 0.137. The van der Waals surface area contributed by atoms with Gasteiger partial charge in [-0.25, -0.2) is 12.1 Å². The van der Waals surface area contributed by atoms with Crippen molar-refractivity contribution in [2.75, 3.05) is 0 Å². The summed E-state index contributed by atoms with van der Waals surface area (Å²) in [7, 11) is 10.1. The molecule has 0 amide bonds. The Morgan fingerprint density at radius 2 is 0.556 bits per heavy atom. The zero-order valence-electron chi connectivity index (χ0n) is 20.1. The molecule has 5 aromatic rings. The fourth-order valence-corrected chi connectivity index (χ4v) is 9.68. The lowest BCUT2D eigenvalue weighted by Gasteiger charge is -2.37. The van der Waals surface area contributed by atoms with E-state index in [2.05, 4.69) is 134 Å². The highest BCUT2D eigenvalue weighted by molar-refractivity contribution is 8.10. The maximum atomic E-state index is 7.35. The van der Waals surface area contributed by atoms with Gasteiger partial charge in [-0.2, -0.15) is 0 Å². The summed E-state index contributed by atoms with van der Waals surface area (Å²) in [6.07, 6.45) is 4.56. The van der Waals surface area contributed by atoms with E-state index >= 15 is 0 Å². The predicted molar refractivity (Wildman–Crippen MR) is 163 cm³/mol. The number of benzene rings is 5. The molecule has 0 atom stereocenters. The molecule has 0 saturated heterocycles. The lowest BCUT2D eigenvalue weighted by Crippen LogP contribution is -2.24. The van der Waals surface area contributed by atoms with Gasteiger partial charge in [-0.1, -0.05) is 85.1 Å². The minimum absolute atomic E-state index is 1.10. The zero-order valence-corrected chi connectivity index (χ0v) is 21.8. The molecule has 36 heavy (non-hydrogen) atoms. The molecular formula is C32H26B2P2. The normalized spacial score (nSPS) is 11.6. The van der Waals surface area contributed by atoms with Crippen molar-refractivity contribution in [1.82, 2.24) is 0 Å². The maximum absolute atomic E-state index is 7.35. The molecule has 4 heteroatoms. The molecule has 0 aromatic heterocycles. The van der Waals surface area contributed by atoms with Crippen LogP contribution in [0.2, 0.25) is 0 Å². The second-order valence-corrected chi connectivity index (χ2v) is 14.5. The van der Waals surface area contributed by atoms with E-state index in [1.807, 2.05) is 24.3 Å². The lowest BCUT2D eigenvalue weighted by atomic mass is 10.1. The van der Waals surface area contributed by atoms with Crippen LogP contribution in [0.4, 0.5) is 0 Å². The van der Waals surface area contributed by atoms with Crippen LogP contribution in [0.1, 0.15) is 11.1 Å². The number of rotatable bonds is 8. The summed E-state index contributed by atoms with van der Waals surface area (Å²) in [5, 5.41) is 4.58. The van der Waals surface area contributed by atoms with Gasteiger partial charge in [0.1, 0.15) is 0 Å². The van der Waals surface area contributed by atoms with Crippen molar-refractivity contribution in [1.29, 1.82) is 0 Å². The third-order valence-corrected chi connectivity index (χ3v) is 12.4. The minimum atomic E-state index is -2.31. The third kappa shape index (κ3) is 5.03. The summed E-state index contributed by atoms with van der Waals surface area (Å²) in [4.78, 5) is 0. The Balaban J connectivity index is 1.59. The molecule has 5 aromatic carbocycles. The van der Waals surface area contributed by atoms with E-state index in [0.717, 1.165) is 32.3 Å². The number of hydrogen-bond acceptors (Lipinski definition) is 0. The molecular weight excluding hydrogens is 468 g/mol. The predicted octanol–water partition coefficient (Wildman–Crippen LogP) is 6.21. The van der Waals surface area contributed by atoms with Gasteiger partial charge in [0.25, 0.3) is 0 Å². The van der Waals surface area contributed by atoms with Crippen LogP contribution in [0.25, 0.3) is 0 Å². The first-order valence-corrected chi connectivity index (χ1v) is 15.8. The van der Waals surface area contributed by atoms with Crippen LogP contribution in [-0.4, -0.2) is 15.1 Å². The van der Waals surface area contributed by atoms with E-state index in [-0.39, 0.29) is 0 Å². The molecule has 0 fully saturated rings. The lowest BCUT2D eigenvalue weighted by molar-refractivity contribution is 1.49. The van der Waals surface area contributed by atoms with E-state index in [1.165, 1.54) is 0 Å². The van der Waals surface area contributed by atoms with E-state index in [4.69, 9.17) is 15.1 Å². The first-order valence-electron chi connectivity index (χ1n) is 12.0. The molecule has 0 saturated carbocycles. The molecule has 5 rings (SSSR count). The van der Waals surface area contributed by atoms with Crippen LogP contribution in [0.3, 0.4) is 0 Å². The Labute approximate surface area is 219 Å². The summed E-state index contributed by atoms with van der Waals surface area (Å²) in [5.74, 6) is 0. The van der Waals surface area contributed by atoms with Gasteiger partial charge in [0.15, 0.2) is 0 Å². The van der Waals surface area contributed by atoms with Crippen molar-refractivity contribution in [2.24, 2.45) is 0 Å². The second-order valence-electron chi connectivity index (χ2n) is 8.78. The highest BCUT2D eigenvalue weighted by Gasteiger charge is 2.35. The van der Waals surface area contributed by atoms with Crippen LogP contribution in [0.15, 0.2) is 146 Å². The Morgan fingerprint density at radius 1 is 0.333 bits per heavy atom. The zero-order chi connectivity index (χ0) is 24.8. The Kier molecular flexibility index (Phi) is 7.38. The molecule has 4 radical (unpaired) electrons. The van der Waals surface area contributed by atoms with Gasteiger partial charge >= 0.3 is 15.1 Å². The van der Waals surface area contributed by atoms with Gasteiger partial charge in [0.2, 0.25) is 0 Å². The van der Waals surface area contributed by atoms with Crippen LogP contribution < -0.4 is 21.2 Å². The van der Waals surface area contributed by atoms with Crippen molar-refractivity contribution in [3.63, 3.8) is 0 Å². The topological polar surface area (TPSA) is 0 Å². The molecule has 0 aliphatic heterocycles. The van der Waals surface area contributed by atoms with Crippen molar-refractivity contribution in [3.05, 3.63) is 169 Å². The van der Waals surface area contributed by atoms with Crippen molar-refractivity contribution in [3.8, 4) is 0 Å². The first kappa shape index (κ1) is 24.5. The van der Waals surface area contributed by atoms with E-state index in [9.17, 15) is 0 Å². The monoisotopic (exact) mass is 494 g/mol. The van der Waals surface area contributed by atoms with Crippen LogP contribution in [0.5, 0.6) is 0 Å². The van der Waals surface area contributed by atoms with Crippen molar-refractivity contribution < 1.29 is 0 Å².